The highest BCUT2D eigenvalue weighted by molar-refractivity contribution is 5.77. The molecule has 2 rings (SSSR count). The minimum Gasteiger partial charge on any atom is -0.448 e. The van der Waals surface area contributed by atoms with Gasteiger partial charge < -0.3 is 20.3 Å². The van der Waals surface area contributed by atoms with Crippen LogP contribution in [0.15, 0.2) is 30.3 Å². The smallest absolute Gasteiger partial charge is 0.409 e. The number of hydrogen-bond donors (Lipinski definition) is 2. The molecule has 6 nitrogen and oxygen atoms in total. The molecule has 6 heteroatoms. The van der Waals surface area contributed by atoms with E-state index in [1.165, 1.54) is 5.56 Å². The fraction of sp³-hybridized carbons (Fsp3) is 0.556. The molecule has 0 aromatic heterocycles. The Morgan fingerprint density at radius 1 is 1.33 bits per heavy atom. The van der Waals surface area contributed by atoms with Gasteiger partial charge in [-0.25, -0.2) is 4.79 Å². The Bertz CT molecular complexity index is 560. The Morgan fingerprint density at radius 2 is 2.04 bits per heavy atom. The average Bonchev–Trinajstić information content (AvgIpc) is 2.96. The van der Waals surface area contributed by atoms with Crippen LogP contribution in [-0.2, 0) is 9.53 Å². The molecule has 2 N–H and O–H groups in total. The molecule has 1 heterocycles. The number of cyclic esters (lactones) is 1. The third-order valence-electron chi connectivity index (χ3n) is 4.09. The number of nitrogens with one attached hydrogen (secondary N) is 2. The summed E-state index contributed by atoms with van der Waals surface area (Å²) in [7, 11) is 0. The molecule has 1 aliphatic heterocycles. The van der Waals surface area contributed by atoms with Gasteiger partial charge in [-0.3, -0.25) is 4.79 Å². The molecule has 132 valence electrons. The van der Waals surface area contributed by atoms with Crippen molar-refractivity contribution in [3.8, 4) is 0 Å². The third kappa shape index (κ3) is 5.53. The summed E-state index contributed by atoms with van der Waals surface area (Å²) in [5.74, 6) is -0.0584. The first-order chi connectivity index (χ1) is 11.4. The first-order valence-electron chi connectivity index (χ1n) is 8.38. The maximum Gasteiger partial charge on any atom is 0.409 e. The van der Waals surface area contributed by atoms with Crippen LogP contribution in [0.5, 0.6) is 0 Å². The van der Waals surface area contributed by atoms with Crippen LogP contribution in [0.4, 0.5) is 4.79 Å². The van der Waals surface area contributed by atoms with Gasteiger partial charge in [0.2, 0.25) is 5.91 Å². The van der Waals surface area contributed by atoms with Gasteiger partial charge >= 0.3 is 6.09 Å². The molecule has 1 aliphatic rings. The molecular weight excluding hydrogens is 306 g/mol. The van der Waals surface area contributed by atoms with Crippen LogP contribution in [0.1, 0.15) is 38.8 Å². The number of nitrogens with zero attached hydrogens (tertiary/aromatic N) is 1. The molecule has 0 saturated carbocycles. The van der Waals surface area contributed by atoms with E-state index in [-0.39, 0.29) is 23.6 Å². The zero-order chi connectivity index (χ0) is 17.6. The van der Waals surface area contributed by atoms with Crippen molar-refractivity contribution in [2.45, 2.75) is 38.8 Å². The maximum absolute atomic E-state index is 12.0. The Morgan fingerprint density at radius 3 is 2.67 bits per heavy atom. The van der Waals surface area contributed by atoms with Crippen LogP contribution in [0.25, 0.3) is 0 Å². The van der Waals surface area contributed by atoms with Crippen molar-refractivity contribution in [2.75, 3.05) is 26.2 Å². The van der Waals surface area contributed by atoms with Crippen molar-refractivity contribution in [1.29, 1.82) is 0 Å². The second-order valence-corrected chi connectivity index (χ2v) is 6.79. The molecular formula is C18H27N3O3. The standard InChI is InChI=1S/C18H27N3O3/c1-14(15-7-5-4-6-8-15)20-18(2,3)13-19-16(22)9-10-21-11-12-24-17(21)23/h4-8,14,20H,9-13H2,1-3H3,(H,19,22)/t14-/m1/s1. The number of benzene rings is 1. The van der Waals surface area contributed by atoms with Crippen LogP contribution >= 0.6 is 0 Å². The zero-order valence-electron chi connectivity index (χ0n) is 14.7. The Hall–Kier alpha value is -2.08. The molecule has 0 aliphatic carbocycles. The SMILES string of the molecule is C[C@@H](NC(C)(C)CNC(=O)CCN1CCOC1=O)c1ccccc1. The van der Waals surface area contributed by atoms with Crippen molar-refractivity contribution >= 4 is 12.0 Å². The molecule has 24 heavy (non-hydrogen) atoms. The third-order valence-corrected chi connectivity index (χ3v) is 4.09. The van der Waals surface area contributed by atoms with E-state index in [4.69, 9.17) is 4.74 Å². The topological polar surface area (TPSA) is 70.7 Å². The molecule has 2 amide bonds. The Labute approximate surface area is 143 Å². The number of rotatable bonds is 8. The molecule has 0 radical (unpaired) electrons. The van der Waals surface area contributed by atoms with Crippen molar-refractivity contribution in [3.05, 3.63) is 35.9 Å². The Balaban J connectivity index is 1.73. The van der Waals surface area contributed by atoms with Crippen LogP contribution in [0, 0.1) is 0 Å². The van der Waals surface area contributed by atoms with E-state index < -0.39 is 0 Å². The molecule has 0 bridgehead atoms. The summed E-state index contributed by atoms with van der Waals surface area (Å²) in [6.07, 6.45) is -0.0409. The van der Waals surface area contributed by atoms with Crippen molar-refractivity contribution < 1.29 is 14.3 Å². The van der Waals surface area contributed by atoms with Gasteiger partial charge in [0.15, 0.2) is 0 Å². The summed E-state index contributed by atoms with van der Waals surface area (Å²) in [5.41, 5.74) is 0.974. The molecule has 0 unspecified atom stereocenters. The molecule has 0 spiro atoms. The van der Waals surface area contributed by atoms with Gasteiger partial charge in [0.1, 0.15) is 6.61 Å². The Kier molecular flexibility index (Phi) is 6.20. The van der Waals surface area contributed by atoms with Crippen LogP contribution < -0.4 is 10.6 Å². The second-order valence-electron chi connectivity index (χ2n) is 6.79. The van der Waals surface area contributed by atoms with Gasteiger partial charge in [-0.05, 0) is 26.3 Å². The lowest BCUT2D eigenvalue weighted by Gasteiger charge is -2.31. The summed E-state index contributed by atoms with van der Waals surface area (Å²) < 4.78 is 4.84. The average molecular weight is 333 g/mol. The molecule has 1 atom stereocenters. The number of amides is 2. The van der Waals surface area contributed by atoms with E-state index >= 15 is 0 Å². The predicted octanol–water partition coefficient (Wildman–Crippen LogP) is 2.07. The number of ether oxygens (including phenoxy) is 1. The van der Waals surface area contributed by atoms with E-state index in [1.807, 2.05) is 18.2 Å². The highest BCUT2D eigenvalue weighted by atomic mass is 16.6. The summed E-state index contributed by atoms with van der Waals surface area (Å²) in [5, 5.41) is 6.47. The van der Waals surface area contributed by atoms with E-state index in [1.54, 1.807) is 4.90 Å². The van der Waals surface area contributed by atoms with Gasteiger partial charge in [-0.15, -0.1) is 0 Å². The summed E-state index contributed by atoms with van der Waals surface area (Å²) in [6.45, 7) is 8.13. The largest absolute Gasteiger partial charge is 0.448 e. The maximum atomic E-state index is 12.0. The van der Waals surface area contributed by atoms with Crippen LogP contribution in [-0.4, -0.2) is 48.7 Å². The summed E-state index contributed by atoms with van der Waals surface area (Å²) >= 11 is 0. The minimum absolute atomic E-state index is 0.0584. The van der Waals surface area contributed by atoms with Gasteiger partial charge in [0, 0.05) is 31.1 Å². The highest BCUT2D eigenvalue weighted by Gasteiger charge is 2.24. The van der Waals surface area contributed by atoms with Crippen molar-refractivity contribution in [2.24, 2.45) is 0 Å². The van der Waals surface area contributed by atoms with E-state index in [0.717, 1.165) is 0 Å². The quantitative estimate of drug-likeness (QED) is 0.764. The number of carbonyl (C=O) groups excluding carboxylic acids is 2. The van der Waals surface area contributed by atoms with Gasteiger partial charge in [0.05, 0.1) is 6.54 Å². The van der Waals surface area contributed by atoms with Crippen molar-refractivity contribution in [3.63, 3.8) is 0 Å². The van der Waals surface area contributed by atoms with Crippen molar-refractivity contribution in [1.82, 2.24) is 15.5 Å². The minimum atomic E-state index is -0.332. The number of hydrogen-bond acceptors (Lipinski definition) is 4. The predicted molar refractivity (Wildman–Crippen MR) is 92.6 cm³/mol. The first-order valence-corrected chi connectivity index (χ1v) is 8.38. The summed E-state index contributed by atoms with van der Waals surface area (Å²) in [6, 6.07) is 10.4. The van der Waals surface area contributed by atoms with Crippen LogP contribution in [0.3, 0.4) is 0 Å². The number of carbonyl (C=O) groups is 2. The lowest BCUT2D eigenvalue weighted by Crippen LogP contribution is -2.50. The molecule has 1 fully saturated rings. The van der Waals surface area contributed by atoms with Crippen LogP contribution in [0.2, 0.25) is 0 Å². The molecule has 1 aromatic rings. The first kappa shape index (κ1) is 18.3. The molecule has 1 aromatic carbocycles. The fourth-order valence-corrected chi connectivity index (χ4v) is 2.74. The second kappa shape index (κ2) is 8.15. The van der Waals surface area contributed by atoms with E-state index in [2.05, 4.69) is 43.5 Å². The normalized spacial score (nSPS) is 16.0. The molecule has 1 saturated heterocycles. The van der Waals surface area contributed by atoms with Gasteiger partial charge in [-0.2, -0.15) is 0 Å². The lowest BCUT2D eigenvalue weighted by molar-refractivity contribution is -0.121. The lowest BCUT2D eigenvalue weighted by atomic mass is 10.0. The highest BCUT2D eigenvalue weighted by Crippen LogP contribution is 2.15. The van der Waals surface area contributed by atoms with E-state index in [9.17, 15) is 9.59 Å². The van der Waals surface area contributed by atoms with Gasteiger partial charge in [-0.1, -0.05) is 30.3 Å². The fourth-order valence-electron chi connectivity index (χ4n) is 2.74. The van der Waals surface area contributed by atoms with Gasteiger partial charge in [0.25, 0.3) is 0 Å². The zero-order valence-corrected chi connectivity index (χ0v) is 14.7. The van der Waals surface area contributed by atoms with E-state index in [0.29, 0.717) is 32.7 Å². The summed E-state index contributed by atoms with van der Waals surface area (Å²) in [4.78, 5) is 24.9. The monoisotopic (exact) mass is 333 g/mol.